The minimum Gasteiger partial charge on any atom is -0.404 e. The third-order valence-corrected chi connectivity index (χ3v) is 5.46. The van der Waals surface area contributed by atoms with Crippen LogP contribution in [0.15, 0.2) is 36.7 Å². The number of hydrogen-bond donors (Lipinski definition) is 1. The van der Waals surface area contributed by atoms with Crippen LogP contribution in [0.2, 0.25) is 0 Å². The van der Waals surface area contributed by atoms with Gasteiger partial charge in [0.2, 0.25) is 5.91 Å². The second-order valence-electron chi connectivity index (χ2n) is 7.59. The first-order valence-electron chi connectivity index (χ1n) is 9.74. The van der Waals surface area contributed by atoms with E-state index in [1.165, 1.54) is 18.2 Å². The van der Waals surface area contributed by atoms with Gasteiger partial charge in [0.05, 0.1) is 29.4 Å². The fourth-order valence-electron chi connectivity index (χ4n) is 3.88. The quantitative estimate of drug-likeness (QED) is 0.756. The first kappa shape index (κ1) is 20.4. The number of para-hydroxylation sites is 1. The van der Waals surface area contributed by atoms with Crippen molar-refractivity contribution in [2.45, 2.75) is 24.9 Å². The summed E-state index contributed by atoms with van der Waals surface area (Å²) in [5.74, 6) is 6.35. The summed E-state index contributed by atoms with van der Waals surface area (Å²) in [7, 11) is 0. The van der Waals surface area contributed by atoms with E-state index in [1.807, 2.05) is 0 Å². The van der Waals surface area contributed by atoms with Crippen molar-refractivity contribution in [2.24, 2.45) is 5.92 Å². The molecular formula is C21H22F3N3O3. The van der Waals surface area contributed by atoms with Gasteiger partial charge in [-0.15, -0.1) is 13.2 Å². The van der Waals surface area contributed by atoms with Crippen LogP contribution in [0.4, 0.5) is 13.2 Å². The SMILES string of the molecule is C=C(N1CC(C#Cc2ccccc2OC(F)(F)F)C1)N1CC[C@@H]2OCC(=O)N[C@@H]2C1. The number of ether oxygens (including phenoxy) is 2. The summed E-state index contributed by atoms with van der Waals surface area (Å²) in [6.45, 7) is 7.03. The number of likely N-dealkylation sites (tertiary alicyclic amines) is 2. The average Bonchev–Trinajstić information content (AvgIpc) is 2.66. The molecule has 4 rings (SSSR count). The Hall–Kier alpha value is -2.86. The molecule has 2 atom stereocenters. The summed E-state index contributed by atoms with van der Waals surface area (Å²) in [6, 6.07) is 5.82. The molecule has 0 bridgehead atoms. The van der Waals surface area contributed by atoms with E-state index in [9.17, 15) is 18.0 Å². The number of amides is 1. The monoisotopic (exact) mass is 421 g/mol. The molecule has 1 amide bonds. The lowest BCUT2D eigenvalue weighted by atomic mass is 9.98. The zero-order chi connectivity index (χ0) is 21.3. The number of benzene rings is 1. The summed E-state index contributed by atoms with van der Waals surface area (Å²) in [5.41, 5.74) is 0.210. The second-order valence-corrected chi connectivity index (χ2v) is 7.59. The number of morpholine rings is 1. The first-order chi connectivity index (χ1) is 14.3. The number of rotatable bonds is 3. The van der Waals surface area contributed by atoms with Gasteiger partial charge in [-0.05, 0) is 18.6 Å². The normalized spacial score (nSPS) is 24.2. The molecule has 3 aliphatic heterocycles. The van der Waals surface area contributed by atoms with Gasteiger partial charge >= 0.3 is 6.36 Å². The highest BCUT2D eigenvalue weighted by molar-refractivity contribution is 5.78. The van der Waals surface area contributed by atoms with Crippen LogP contribution >= 0.6 is 0 Å². The number of hydrogen-bond acceptors (Lipinski definition) is 5. The van der Waals surface area contributed by atoms with E-state index in [2.05, 4.69) is 38.3 Å². The number of nitrogens with zero attached hydrogens (tertiary/aromatic N) is 2. The number of halogens is 3. The van der Waals surface area contributed by atoms with Gasteiger partial charge in [-0.25, -0.2) is 0 Å². The van der Waals surface area contributed by atoms with Crippen LogP contribution in [-0.4, -0.2) is 67.0 Å². The van der Waals surface area contributed by atoms with Gasteiger partial charge in [0.15, 0.2) is 0 Å². The first-order valence-corrected chi connectivity index (χ1v) is 9.74. The Morgan fingerprint density at radius 1 is 1.23 bits per heavy atom. The maximum atomic E-state index is 12.5. The molecule has 1 aromatic carbocycles. The predicted octanol–water partition coefficient (Wildman–Crippen LogP) is 1.93. The van der Waals surface area contributed by atoms with Crippen LogP contribution in [0.3, 0.4) is 0 Å². The molecule has 3 aliphatic rings. The van der Waals surface area contributed by atoms with Gasteiger partial charge in [0, 0.05) is 26.2 Å². The minimum absolute atomic E-state index is 0.0379. The third-order valence-electron chi connectivity index (χ3n) is 5.46. The largest absolute Gasteiger partial charge is 0.573 e. The van der Waals surface area contributed by atoms with Crippen molar-refractivity contribution in [3.05, 3.63) is 42.2 Å². The van der Waals surface area contributed by atoms with E-state index in [4.69, 9.17) is 4.74 Å². The zero-order valence-electron chi connectivity index (χ0n) is 16.2. The average molecular weight is 421 g/mol. The van der Waals surface area contributed by atoms with Crippen molar-refractivity contribution in [3.8, 4) is 17.6 Å². The summed E-state index contributed by atoms with van der Waals surface area (Å²) < 4.78 is 47.2. The number of carbonyl (C=O) groups excluding carboxylic acids is 1. The standard InChI is InChI=1S/C21H22F3N3O3/c1-14(26-9-8-19-17(12-26)25-20(28)13-29-19)27-10-15(11-27)6-7-16-4-2-3-5-18(16)30-21(22,23)24/h2-5,15,17,19H,1,8-13H2,(H,25,28)/t17-,19+/m1/s1. The molecule has 3 heterocycles. The van der Waals surface area contributed by atoms with E-state index < -0.39 is 6.36 Å². The van der Waals surface area contributed by atoms with Crippen molar-refractivity contribution in [1.82, 2.24) is 15.1 Å². The number of piperidine rings is 1. The molecule has 0 aliphatic carbocycles. The fourth-order valence-corrected chi connectivity index (χ4v) is 3.88. The van der Waals surface area contributed by atoms with Gasteiger partial charge in [0.1, 0.15) is 12.4 Å². The molecule has 6 nitrogen and oxygen atoms in total. The lowest BCUT2D eigenvalue weighted by Crippen LogP contribution is -2.61. The molecule has 0 aromatic heterocycles. The highest BCUT2D eigenvalue weighted by atomic mass is 19.4. The van der Waals surface area contributed by atoms with Crippen molar-refractivity contribution >= 4 is 5.91 Å². The second kappa shape index (κ2) is 8.11. The molecule has 3 saturated heterocycles. The third kappa shape index (κ3) is 4.65. The molecule has 1 N–H and O–H groups in total. The smallest absolute Gasteiger partial charge is 0.404 e. The lowest BCUT2D eigenvalue weighted by molar-refractivity contribution is -0.274. The minimum atomic E-state index is -4.75. The molecule has 30 heavy (non-hydrogen) atoms. The molecule has 9 heteroatoms. The Morgan fingerprint density at radius 3 is 2.77 bits per heavy atom. The topological polar surface area (TPSA) is 54.0 Å². The number of carbonyl (C=O) groups is 1. The zero-order valence-corrected chi connectivity index (χ0v) is 16.2. The summed E-state index contributed by atoms with van der Waals surface area (Å²) in [4.78, 5) is 15.8. The van der Waals surface area contributed by atoms with Crippen LogP contribution < -0.4 is 10.1 Å². The maximum absolute atomic E-state index is 12.5. The molecule has 3 fully saturated rings. The van der Waals surface area contributed by atoms with E-state index in [0.717, 1.165) is 18.8 Å². The van der Waals surface area contributed by atoms with Crippen molar-refractivity contribution in [3.63, 3.8) is 0 Å². The Morgan fingerprint density at radius 2 is 2.00 bits per heavy atom. The van der Waals surface area contributed by atoms with Crippen molar-refractivity contribution < 1.29 is 27.4 Å². The molecular weight excluding hydrogens is 399 g/mol. The van der Waals surface area contributed by atoms with Gasteiger partial charge in [-0.3, -0.25) is 4.79 Å². The summed E-state index contributed by atoms with van der Waals surface area (Å²) in [6.07, 6.45) is -3.89. The number of nitrogens with one attached hydrogen (secondary N) is 1. The van der Waals surface area contributed by atoms with Crippen LogP contribution in [0.5, 0.6) is 5.75 Å². The molecule has 0 unspecified atom stereocenters. The van der Waals surface area contributed by atoms with E-state index >= 15 is 0 Å². The van der Waals surface area contributed by atoms with E-state index in [-0.39, 0.29) is 41.9 Å². The van der Waals surface area contributed by atoms with Crippen LogP contribution in [0.25, 0.3) is 0 Å². The van der Waals surface area contributed by atoms with Crippen molar-refractivity contribution in [2.75, 3.05) is 32.8 Å². The van der Waals surface area contributed by atoms with Crippen LogP contribution in [0, 0.1) is 17.8 Å². The molecule has 0 saturated carbocycles. The highest BCUT2D eigenvalue weighted by Gasteiger charge is 2.37. The van der Waals surface area contributed by atoms with Gasteiger partial charge < -0.3 is 24.6 Å². The number of fused-ring (bicyclic) bond motifs is 1. The Balaban J connectivity index is 1.31. The molecule has 160 valence electrons. The Labute approximate surface area is 172 Å². The molecule has 1 aromatic rings. The van der Waals surface area contributed by atoms with Crippen molar-refractivity contribution in [1.29, 1.82) is 0 Å². The molecule has 0 spiro atoms. The fraction of sp³-hybridized carbons (Fsp3) is 0.476. The van der Waals surface area contributed by atoms with Gasteiger partial charge in [0.25, 0.3) is 0 Å². The van der Waals surface area contributed by atoms with E-state index in [0.29, 0.717) is 19.6 Å². The summed E-state index contributed by atoms with van der Waals surface area (Å²) >= 11 is 0. The maximum Gasteiger partial charge on any atom is 0.573 e. The van der Waals surface area contributed by atoms with Crippen LogP contribution in [0.1, 0.15) is 12.0 Å². The van der Waals surface area contributed by atoms with E-state index in [1.54, 1.807) is 6.07 Å². The molecule has 0 radical (unpaired) electrons. The lowest BCUT2D eigenvalue weighted by Gasteiger charge is -2.48. The Kier molecular flexibility index (Phi) is 5.52. The Bertz CT molecular complexity index is 887. The van der Waals surface area contributed by atoms with Crippen LogP contribution in [-0.2, 0) is 9.53 Å². The summed E-state index contributed by atoms with van der Waals surface area (Å²) in [5, 5.41) is 2.97. The highest BCUT2D eigenvalue weighted by Crippen LogP contribution is 2.28. The number of alkyl halides is 3. The predicted molar refractivity (Wildman–Crippen MR) is 102 cm³/mol. The van der Waals surface area contributed by atoms with Gasteiger partial charge in [-0.1, -0.05) is 30.6 Å². The van der Waals surface area contributed by atoms with Gasteiger partial charge in [-0.2, -0.15) is 0 Å².